The summed E-state index contributed by atoms with van der Waals surface area (Å²) in [5, 5.41) is 8.57. The van der Waals surface area contributed by atoms with E-state index in [1.807, 2.05) is 32.9 Å². The third kappa shape index (κ3) is 4.76. The lowest BCUT2D eigenvalue weighted by molar-refractivity contribution is -0.125. The Morgan fingerprint density at radius 1 is 1.00 bits per heavy atom. The maximum atomic E-state index is 12.1. The zero-order valence-electron chi connectivity index (χ0n) is 14.0. The molecule has 0 aromatic heterocycles. The summed E-state index contributed by atoms with van der Waals surface area (Å²) in [6.07, 6.45) is 0. The van der Waals surface area contributed by atoms with Crippen molar-refractivity contribution in [3.63, 3.8) is 0 Å². The number of aliphatic hydroxyl groups is 1. The zero-order valence-corrected chi connectivity index (χ0v) is 14.9. The van der Waals surface area contributed by atoms with Gasteiger partial charge in [-0.2, -0.15) is 0 Å². The molecule has 1 aromatic rings. The Hall–Kier alpha value is -0.950. The van der Waals surface area contributed by atoms with E-state index in [1.165, 1.54) is 0 Å². The van der Waals surface area contributed by atoms with Gasteiger partial charge in [0.15, 0.2) is 9.84 Å². The van der Waals surface area contributed by atoms with Crippen LogP contribution in [0.15, 0.2) is 29.2 Å². The molecule has 0 radical (unpaired) electrons. The van der Waals surface area contributed by atoms with Gasteiger partial charge in [0.05, 0.1) is 43.7 Å². The molecule has 23 heavy (non-hydrogen) atoms. The van der Waals surface area contributed by atoms with Gasteiger partial charge in [0.25, 0.3) is 0 Å². The van der Waals surface area contributed by atoms with Crippen molar-refractivity contribution in [2.45, 2.75) is 25.7 Å². The Labute approximate surface area is 138 Å². The van der Waals surface area contributed by atoms with Crippen molar-refractivity contribution < 1.29 is 23.0 Å². The molecule has 2 fully saturated rings. The molecule has 0 unspecified atom stereocenters. The van der Waals surface area contributed by atoms with Crippen LogP contribution >= 0.6 is 0 Å². The van der Waals surface area contributed by atoms with E-state index in [9.17, 15) is 8.42 Å². The Morgan fingerprint density at radius 3 is 1.78 bits per heavy atom. The SMILES string of the molecule is CC1(CO)COC1.Cc1ccc(S(=O)(=O)CC2(C)COC2)cc1. The summed E-state index contributed by atoms with van der Waals surface area (Å²) in [5.74, 6) is 0.170. The molecule has 0 saturated carbocycles. The predicted octanol–water partition coefficient (Wildman–Crippen LogP) is 1.82. The minimum Gasteiger partial charge on any atom is -0.396 e. The lowest BCUT2D eigenvalue weighted by atomic mass is 9.90. The van der Waals surface area contributed by atoms with Crippen molar-refractivity contribution in [2.75, 3.05) is 38.8 Å². The van der Waals surface area contributed by atoms with Crippen molar-refractivity contribution in [1.29, 1.82) is 0 Å². The first kappa shape index (κ1) is 18.4. The van der Waals surface area contributed by atoms with Gasteiger partial charge in [-0.25, -0.2) is 8.42 Å². The minimum absolute atomic E-state index is 0.0972. The van der Waals surface area contributed by atoms with E-state index in [4.69, 9.17) is 14.6 Å². The Morgan fingerprint density at radius 2 is 1.48 bits per heavy atom. The van der Waals surface area contributed by atoms with Gasteiger partial charge in [0.2, 0.25) is 0 Å². The molecular formula is C17H26O5S. The number of hydrogen-bond acceptors (Lipinski definition) is 5. The second-order valence-corrected chi connectivity index (χ2v) is 9.33. The van der Waals surface area contributed by atoms with Gasteiger partial charge in [0.1, 0.15) is 0 Å². The molecule has 3 rings (SSSR count). The van der Waals surface area contributed by atoms with Crippen LogP contribution in [0.5, 0.6) is 0 Å². The van der Waals surface area contributed by atoms with Crippen LogP contribution < -0.4 is 0 Å². The van der Waals surface area contributed by atoms with E-state index >= 15 is 0 Å². The monoisotopic (exact) mass is 342 g/mol. The van der Waals surface area contributed by atoms with Crippen LogP contribution in [0.2, 0.25) is 0 Å². The van der Waals surface area contributed by atoms with Crippen LogP contribution in [-0.2, 0) is 19.3 Å². The quantitative estimate of drug-likeness (QED) is 0.903. The highest BCUT2D eigenvalue weighted by Gasteiger charge is 2.38. The lowest BCUT2D eigenvalue weighted by Gasteiger charge is -2.37. The van der Waals surface area contributed by atoms with Crippen LogP contribution in [0.25, 0.3) is 0 Å². The second kappa shape index (κ2) is 6.89. The highest BCUT2D eigenvalue weighted by molar-refractivity contribution is 7.91. The molecule has 0 spiro atoms. The Balaban J connectivity index is 0.000000229. The summed E-state index contributed by atoms with van der Waals surface area (Å²) in [6, 6.07) is 7.00. The molecule has 1 aromatic carbocycles. The minimum atomic E-state index is -3.18. The maximum absolute atomic E-state index is 12.1. The molecule has 0 amide bonds. The zero-order chi connectivity index (χ0) is 17.1. The smallest absolute Gasteiger partial charge is 0.179 e. The van der Waals surface area contributed by atoms with Crippen molar-refractivity contribution >= 4 is 9.84 Å². The molecule has 2 saturated heterocycles. The molecule has 2 heterocycles. The van der Waals surface area contributed by atoms with Crippen LogP contribution in [0.1, 0.15) is 19.4 Å². The predicted molar refractivity (Wildman–Crippen MR) is 88.2 cm³/mol. The van der Waals surface area contributed by atoms with E-state index in [1.54, 1.807) is 12.1 Å². The van der Waals surface area contributed by atoms with Gasteiger partial charge in [-0.3, -0.25) is 0 Å². The fourth-order valence-corrected chi connectivity index (χ4v) is 4.16. The molecule has 130 valence electrons. The van der Waals surface area contributed by atoms with Crippen molar-refractivity contribution in [2.24, 2.45) is 10.8 Å². The largest absolute Gasteiger partial charge is 0.396 e. The highest BCUT2D eigenvalue weighted by Crippen LogP contribution is 2.30. The van der Waals surface area contributed by atoms with Crippen molar-refractivity contribution in [3.8, 4) is 0 Å². The van der Waals surface area contributed by atoms with Gasteiger partial charge in [-0.15, -0.1) is 0 Å². The molecule has 1 N–H and O–H groups in total. The van der Waals surface area contributed by atoms with E-state index in [-0.39, 0.29) is 23.2 Å². The van der Waals surface area contributed by atoms with Crippen LogP contribution in [-0.4, -0.2) is 52.3 Å². The van der Waals surface area contributed by atoms with Crippen molar-refractivity contribution in [3.05, 3.63) is 29.8 Å². The number of ether oxygens (including phenoxy) is 2. The molecule has 6 heteroatoms. The summed E-state index contributed by atoms with van der Waals surface area (Å²) in [4.78, 5) is 0.409. The summed E-state index contributed by atoms with van der Waals surface area (Å²) in [7, 11) is -3.18. The van der Waals surface area contributed by atoms with Gasteiger partial charge in [-0.1, -0.05) is 31.5 Å². The Bertz CT molecular complexity index is 607. The summed E-state index contributed by atoms with van der Waals surface area (Å²) >= 11 is 0. The van der Waals surface area contributed by atoms with Gasteiger partial charge in [-0.05, 0) is 19.1 Å². The molecule has 5 nitrogen and oxygen atoms in total. The highest BCUT2D eigenvalue weighted by atomic mass is 32.2. The van der Waals surface area contributed by atoms with Crippen LogP contribution in [0.4, 0.5) is 0 Å². The van der Waals surface area contributed by atoms with E-state index in [0.29, 0.717) is 18.1 Å². The van der Waals surface area contributed by atoms with E-state index in [0.717, 1.165) is 18.8 Å². The number of aliphatic hydroxyl groups excluding tert-OH is 1. The average Bonchev–Trinajstić information content (AvgIpc) is 2.44. The normalized spacial score (nSPS) is 21.4. The fourth-order valence-electron chi connectivity index (χ4n) is 2.36. The maximum Gasteiger partial charge on any atom is 0.179 e. The van der Waals surface area contributed by atoms with Crippen LogP contribution in [0, 0.1) is 17.8 Å². The lowest BCUT2D eigenvalue weighted by Crippen LogP contribution is -2.45. The molecule has 0 atom stereocenters. The standard InChI is InChI=1S/C12H16O3S.C5H10O2/c1-10-3-5-11(6-4-10)16(13,14)9-12(2)7-15-8-12;1-5(2-6)3-7-4-5/h3-6H,7-9H2,1-2H3;6H,2-4H2,1H3. The Kier molecular flexibility index (Phi) is 5.51. The first-order valence-electron chi connectivity index (χ1n) is 7.74. The number of aryl methyl sites for hydroxylation is 1. The summed E-state index contributed by atoms with van der Waals surface area (Å²) in [5.41, 5.74) is 0.959. The molecule has 2 aliphatic rings. The van der Waals surface area contributed by atoms with E-state index in [2.05, 4.69) is 0 Å². The number of sulfone groups is 1. The van der Waals surface area contributed by atoms with Gasteiger partial charge < -0.3 is 14.6 Å². The first-order valence-corrected chi connectivity index (χ1v) is 9.39. The summed E-state index contributed by atoms with van der Waals surface area (Å²) < 4.78 is 34.1. The van der Waals surface area contributed by atoms with Crippen molar-refractivity contribution in [1.82, 2.24) is 0 Å². The molecule has 0 bridgehead atoms. The van der Waals surface area contributed by atoms with E-state index < -0.39 is 9.84 Å². The first-order chi connectivity index (χ1) is 10.7. The number of benzene rings is 1. The molecule has 2 aliphatic heterocycles. The summed E-state index contributed by atoms with van der Waals surface area (Å²) in [6.45, 7) is 8.69. The topological polar surface area (TPSA) is 72.8 Å². The fraction of sp³-hybridized carbons (Fsp3) is 0.647. The number of rotatable bonds is 4. The average molecular weight is 342 g/mol. The second-order valence-electron chi connectivity index (χ2n) is 7.34. The van der Waals surface area contributed by atoms with Crippen LogP contribution in [0.3, 0.4) is 0 Å². The van der Waals surface area contributed by atoms with Gasteiger partial charge in [0, 0.05) is 10.8 Å². The van der Waals surface area contributed by atoms with Gasteiger partial charge >= 0.3 is 0 Å². The molecular weight excluding hydrogens is 316 g/mol. The third-order valence-corrected chi connectivity index (χ3v) is 6.17. The molecule has 0 aliphatic carbocycles. The third-order valence-electron chi connectivity index (χ3n) is 4.10. The number of hydrogen-bond donors (Lipinski definition) is 1.